The van der Waals surface area contributed by atoms with Gasteiger partial charge in [0.25, 0.3) is 0 Å². The van der Waals surface area contributed by atoms with Crippen molar-refractivity contribution in [1.29, 1.82) is 0 Å². The van der Waals surface area contributed by atoms with E-state index in [0.29, 0.717) is 0 Å². The van der Waals surface area contributed by atoms with Crippen LogP contribution in [0.15, 0.2) is 0 Å². The predicted octanol–water partition coefficient (Wildman–Crippen LogP) is 2.18. The molecular formula is C14H23NO8S. The molecule has 2 unspecified atom stereocenters. The number of nitrogens with one attached hydrogen (secondary N) is 1. The summed E-state index contributed by atoms with van der Waals surface area (Å²) in [6.45, 7) is 6.23. The summed E-state index contributed by atoms with van der Waals surface area (Å²) >= 11 is 0.807. The molecule has 0 rings (SSSR count). The average Bonchev–Trinajstić information content (AvgIpc) is 2.50. The molecule has 0 saturated heterocycles. The molecule has 0 spiro atoms. The third-order valence-electron chi connectivity index (χ3n) is 2.30. The van der Waals surface area contributed by atoms with Crippen molar-refractivity contribution < 1.29 is 38.1 Å². The Labute approximate surface area is 144 Å². The van der Waals surface area contributed by atoms with Crippen LogP contribution < -0.4 is 5.32 Å². The molecule has 2 atom stereocenters. The number of alkyl carbamates (subject to hydrolysis) is 1. The second kappa shape index (κ2) is 12.5. The monoisotopic (exact) mass is 365 g/mol. The fraction of sp³-hybridized carbons (Fsp3) is 0.714. The lowest BCUT2D eigenvalue weighted by molar-refractivity contribution is -0.165. The van der Waals surface area contributed by atoms with Crippen molar-refractivity contribution in [3.05, 3.63) is 0 Å². The second-order valence-electron chi connectivity index (χ2n) is 4.37. The lowest BCUT2D eigenvalue weighted by atomic mass is 10.5. The smallest absolute Gasteiger partial charge is 0.410 e. The minimum absolute atomic E-state index is 0.135. The Bertz CT molecular complexity index is 402. The van der Waals surface area contributed by atoms with Crippen LogP contribution in [0.5, 0.6) is 0 Å². The molecule has 0 aliphatic rings. The minimum Gasteiger partial charge on any atom is -0.425 e. The van der Waals surface area contributed by atoms with Crippen molar-refractivity contribution in [2.75, 3.05) is 12.3 Å². The van der Waals surface area contributed by atoms with Crippen LogP contribution in [0, 0.1) is 0 Å². The number of carbonyl (C=O) groups excluding carboxylic acids is 4. The van der Waals surface area contributed by atoms with Crippen LogP contribution in [0.1, 0.15) is 40.5 Å². The third kappa shape index (κ3) is 11.6. The van der Waals surface area contributed by atoms with E-state index < -0.39 is 35.9 Å². The lowest BCUT2D eigenvalue weighted by Gasteiger charge is -2.14. The number of rotatable bonds is 9. The normalized spacial score (nSPS) is 12.5. The highest BCUT2D eigenvalue weighted by atomic mass is 32.2. The van der Waals surface area contributed by atoms with Crippen LogP contribution >= 0.6 is 11.8 Å². The molecule has 0 saturated carbocycles. The molecule has 10 heteroatoms. The van der Waals surface area contributed by atoms with Gasteiger partial charge in [0, 0.05) is 39.0 Å². The van der Waals surface area contributed by atoms with Crippen LogP contribution in [-0.2, 0) is 28.5 Å². The van der Waals surface area contributed by atoms with E-state index in [4.69, 9.17) is 18.9 Å². The van der Waals surface area contributed by atoms with Gasteiger partial charge in [0.05, 0.1) is 0 Å². The molecular weight excluding hydrogens is 342 g/mol. The summed E-state index contributed by atoms with van der Waals surface area (Å²) in [7, 11) is 0. The first-order valence-electron chi connectivity index (χ1n) is 7.45. The summed E-state index contributed by atoms with van der Waals surface area (Å²) in [6.07, 6.45) is -2.37. The van der Waals surface area contributed by atoms with E-state index in [9.17, 15) is 19.2 Å². The second-order valence-corrected chi connectivity index (χ2v) is 5.40. The van der Waals surface area contributed by atoms with Crippen LogP contribution in [0.25, 0.3) is 0 Å². The number of amides is 1. The van der Waals surface area contributed by atoms with E-state index in [0.717, 1.165) is 11.8 Å². The Hall–Kier alpha value is -1.97. The molecule has 1 N–H and O–H groups in total. The van der Waals surface area contributed by atoms with Crippen molar-refractivity contribution in [3.8, 4) is 0 Å². The Morgan fingerprint density at radius 2 is 1.38 bits per heavy atom. The SMILES string of the molecule is CCC(=O)OC(C)OC(=O)NCCSC(=O)OC(C)OC(=O)CC. The van der Waals surface area contributed by atoms with Crippen molar-refractivity contribution in [2.24, 2.45) is 0 Å². The molecule has 1 amide bonds. The van der Waals surface area contributed by atoms with Crippen LogP contribution in [-0.4, -0.2) is 48.2 Å². The van der Waals surface area contributed by atoms with Gasteiger partial charge in [-0.2, -0.15) is 0 Å². The summed E-state index contributed by atoms with van der Waals surface area (Å²) in [4.78, 5) is 44.8. The number of hydrogen-bond acceptors (Lipinski definition) is 9. The molecule has 0 aromatic rings. The molecule has 0 aromatic heterocycles. The largest absolute Gasteiger partial charge is 0.425 e. The molecule has 0 bridgehead atoms. The van der Waals surface area contributed by atoms with Gasteiger partial charge in [-0.05, 0) is 11.8 Å². The standard InChI is InChI=1S/C14H23NO8S/c1-5-11(16)20-9(3)22-13(18)15-7-8-24-14(19)23-10(4)21-12(17)6-2/h9-10H,5-8H2,1-4H3,(H,15,18). The van der Waals surface area contributed by atoms with Gasteiger partial charge in [-0.15, -0.1) is 0 Å². The van der Waals surface area contributed by atoms with E-state index in [-0.39, 0.29) is 25.1 Å². The van der Waals surface area contributed by atoms with E-state index >= 15 is 0 Å². The number of thioether (sulfide) groups is 1. The number of esters is 2. The molecule has 0 fully saturated rings. The zero-order chi connectivity index (χ0) is 18.5. The van der Waals surface area contributed by atoms with Crippen LogP contribution in [0.2, 0.25) is 0 Å². The maximum absolute atomic E-state index is 11.4. The zero-order valence-electron chi connectivity index (χ0n) is 14.2. The molecule has 0 aromatic carbocycles. The fourth-order valence-electron chi connectivity index (χ4n) is 1.23. The molecule has 0 heterocycles. The fourth-order valence-corrected chi connectivity index (χ4v) is 1.81. The van der Waals surface area contributed by atoms with Gasteiger partial charge in [-0.25, -0.2) is 9.59 Å². The minimum atomic E-state index is -0.996. The summed E-state index contributed by atoms with van der Waals surface area (Å²) in [5, 5.41) is 1.76. The average molecular weight is 365 g/mol. The van der Waals surface area contributed by atoms with Crippen molar-refractivity contribution in [3.63, 3.8) is 0 Å². The first-order valence-corrected chi connectivity index (χ1v) is 8.43. The summed E-state index contributed by atoms with van der Waals surface area (Å²) < 4.78 is 19.1. The topological polar surface area (TPSA) is 117 Å². The Kier molecular flexibility index (Phi) is 11.4. The molecule has 0 aliphatic heterocycles. The zero-order valence-corrected chi connectivity index (χ0v) is 15.0. The quantitative estimate of drug-likeness (QED) is 0.372. The Morgan fingerprint density at radius 3 is 1.88 bits per heavy atom. The summed E-state index contributed by atoms with van der Waals surface area (Å²) in [5.41, 5.74) is 0. The maximum atomic E-state index is 11.4. The van der Waals surface area contributed by atoms with Crippen LogP contribution in [0.3, 0.4) is 0 Å². The van der Waals surface area contributed by atoms with Crippen molar-refractivity contribution in [2.45, 2.75) is 53.1 Å². The molecule has 138 valence electrons. The number of carbonyl (C=O) groups is 4. The van der Waals surface area contributed by atoms with Gasteiger partial charge in [0.2, 0.25) is 12.6 Å². The van der Waals surface area contributed by atoms with Gasteiger partial charge >= 0.3 is 23.3 Å². The summed E-state index contributed by atoms with van der Waals surface area (Å²) in [6, 6.07) is 0. The van der Waals surface area contributed by atoms with E-state index in [1.54, 1.807) is 13.8 Å². The van der Waals surface area contributed by atoms with Gasteiger partial charge in [0.15, 0.2) is 0 Å². The van der Waals surface area contributed by atoms with Gasteiger partial charge in [-0.1, -0.05) is 13.8 Å². The number of ether oxygens (including phenoxy) is 4. The van der Waals surface area contributed by atoms with Gasteiger partial charge in [0.1, 0.15) is 0 Å². The Morgan fingerprint density at radius 1 is 0.875 bits per heavy atom. The molecule has 0 aliphatic carbocycles. The number of hydrogen-bond donors (Lipinski definition) is 1. The van der Waals surface area contributed by atoms with Crippen molar-refractivity contribution in [1.82, 2.24) is 5.32 Å². The van der Waals surface area contributed by atoms with Crippen molar-refractivity contribution >= 4 is 35.1 Å². The maximum Gasteiger partial charge on any atom is 0.410 e. The van der Waals surface area contributed by atoms with E-state index in [1.807, 2.05) is 0 Å². The van der Waals surface area contributed by atoms with Gasteiger partial charge < -0.3 is 24.3 Å². The first-order chi connectivity index (χ1) is 11.3. The highest BCUT2D eigenvalue weighted by molar-refractivity contribution is 8.13. The van der Waals surface area contributed by atoms with E-state index in [1.165, 1.54) is 13.8 Å². The van der Waals surface area contributed by atoms with Crippen LogP contribution in [0.4, 0.5) is 9.59 Å². The first kappa shape index (κ1) is 22.0. The molecule has 0 radical (unpaired) electrons. The molecule has 24 heavy (non-hydrogen) atoms. The predicted molar refractivity (Wildman–Crippen MR) is 85.1 cm³/mol. The lowest BCUT2D eigenvalue weighted by Crippen LogP contribution is -2.31. The third-order valence-corrected chi connectivity index (χ3v) is 3.04. The van der Waals surface area contributed by atoms with Gasteiger partial charge in [-0.3, -0.25) is 9.59 Å². The molecule has 9 nitrogen and oxygen atoms in total. The highest BCUT2D eigenvalue weighted by Crippen LogP contribution is 2.08. The summed E-state index contributed by atoms with van der Waals surface area (Å²) in [5.74, 6) is -0.722. The Balaban J connectivity index is 3.80. The highest BCUT2D eigenvalue weighted by Gasteiger charge is 2.15. The van der Waals surface area contributed by atoms with E-state index in [2.05, 4.69) is 5.32 Å².